The molecule has 4 heteroatoms. The predicted octanol–water partition coefficient (Wildman–Crippen LogP) is 4.05. The van der Waals surface area contributed by atoms with E-state index in [1.54, 1.807) is 11.3 Å². The van der Waals surface area contributed by atoms with Crippen molar-refractivity contribution >= 4 is 27.9 Å². The Bertz CT molecular complexity index is 655. The van der Waals surface area contributed by atoms with E-state index >= 15 is 0 Å². The quantitative estimate of drug-likeness (QED) is 0.835. The lowest BCUT2D eigenvalue weighted by Gasteiger charge is -2.17. The highest BCUT2D eigenvalue weighted by Crippen LogP contribution is 2.34. The van der Waals surface area contributed by atoms with E-state index in [-0.39, 0.29) is 5.78 Å². The second-order valence-electron chi connectivity index (χ2n) is 5.45. The van der Waals surface area contributed by atoms with Gasteiger partial charge in [-0.1, -0.05) is 6.07 Å². The Labute approximate surface area is 123 Å². The normalized spacial score (nSPS) is 14.2. The van der Waals surface area contributed by atoms with E-state index in [0.29, 0.717) is 12.1 Å². The van der Waals surface area contributed by atoms with Crippen LogP contribution in [0.5, 0.6) is 0 Å². The van der Waals surface area contributed by atoms with Crippen LogP contribution in [0.2, 0.25) is 0 Å². The van der Waals surface area contributed by atoms with Crippen molar-refractivity contribution < 1.29 is 4.79 Å². The van der Waals surface area contributed by atoms with Gasteiger partial charge >= 0.3 is 0 Å². The van der Waals surface area contributed by atoms with Crippen LogP contribution in [0.3, 0.4) is 0 Å². The Morgan fingerprint density at radius 2 is 1.85 bits per heavy atom. The molecule has 0 bridgehead atoms. The van der Waals surface area contributed by atoms with Crippen LogP contribution in [0.4, 0.5) is 10.8 Å². The fourth-order valence-electron chi connectivity index (χ4n) is 2.65. The fourth-order valence-corrected chi connectivity index (χ4v) is 3.75. The molecule has 1 aliphatic rings. The molecule has 0 amide bonds. The molecule has 0 N–H and O–H groups in total. The number of aryl methyl sites for hydroxylation is 3. The number of nitrogens with zero attached hydrogens (tertiary/aromatic N) is 2. The first-order chi connectivity index (χ1) is 9.54. The first-order valence-corrected chi connectivity index (χ1v) is 7.71. The average Bonchev–Trinajstić information content (AvgIpc) is 2.82. The van der Waals surface area contributed by atoms with Gasteiger partial charge in [-0.15, -0.1) is 11.3 Å². The summed E-state index contributed by atoms with van der Waals surface area (Å²) in [6, 6.07) is 6.46. The summed E-state index contributed by atoms with van der Waals surface area (Å²) < 4.78 is 0. The van der Waals surface area contributed by atoms with Crippen LogP contribution in [-0.2, 0) is 6.42 Å². The molecule has 0 saturated heterocycles. The first-order valence-electron chi connectivity index (χ1n) is 6.89. The van der Waals surface area contributed by atoms with Gasteiger partial charge in [0.1, 0.15) is 5.69 Å². The van der Waals surface area contributed by atoms with Gasteiger partial charge in [-0.3, -0.25) is 4.79 Å². The minimum Gasteiger partial charge on any atom is -0.321 e. The van der Waals surface area contributed by atoms with Gasteiger partial charge in [-0.05, 0) is 49.9 Å². The zero-order valence-corrected chi connectivity index (χ0v) is 12.9. The van der Waals surface area contributed by atoms with Crippen molar-refractivity contribution in [1.82, 2.24) is 4.98 Å². The molecular formula is C16H18N2OS. The van der Waals surface area contributed by atoms with Crippen LogP contribution in [0.15, 0.2) is 18.2 Å². The maximum Gasteiger partial charge on any atom is 0.190 e. The largest absolute Gasteiger partial charge is 0.321 e. The van der Waals surface area contributed by atoms with Crippen molar-refractivity contribution in [2.45, 2.75) is 33.1 Å². The molecule has 0 unspecified atom stereocenters. The molecule has 1 aromatic heterocycles. The number of aromatic nitrogens is 1. The highest BCUT2D eigenvalue weighted by atomic mass is 32.1. The van der Waals surface area contributed by atoms with Crippen molar-refractivity contribution in [3.05, 3.63) is 39.9 Å². The number of ketones is 1. The Kier molecular flexibility index (Phi) is 3.34. The fraction of sp³-hybridized carbons (Fsp3) is 0.375. The topological polar surface area (TPSA) is 33.2 Å². The van der Waals surface area contributed by atoms with Gasteiger partial charge in [0.05, 0.1) is 0 Å². The van der Waals surface area contributed by atoms with Gasteiger partial charge in [-0.2, -0.15) is 0 Å². The number of thiazole rings is 1. The second kappa shape index (κ2) is 5.02. The molecule has 0 atom stereocenters. The number of Topliss-reactive ketones (excluding diaryl/α,β-unsaturated/α-hetero) is 1. The van der Waals surface area contributed by atoms with E-state index in [2.05, 4.69) is 41.9 Å². The number of anilines is 2. The Balaban J connectivity index is 1.98. The minimum atomic E-state index is 0.197. The minimum absolute atomic E-state index is 0.197. The van der Waals surface area contributed by atoms with Crippen molar-refractivity contribution in [3.8, 4) is 0 Å². The molecule has 1 heterocycles. The number of carbonyl (C=O) groups is 1. The summed E-state index contributed by atoms with van der Waals surface area (Å²) in [6.07, 6.45) is 2.59. The maximum atomic E-state index is 11.9. The zero-order chi connectivity index (χ0) is 14.3. The number of fused-ring (bicyclic) bond motifs is 1. The third kappa shape index (κ3) is 2.36. The first kappa shape index (κ1) is 13.3. The van der Waals surface area contributed by atoms with Crippen LogP contribution in [-0.4, -0.2) is 17.8 Å². The Morgan fingerprint density at radius 3 is 2.50 bits per heavy atom. The van der Waals surface area contributed by atoms with Gasteiger partial charge in [0, 0.05) is 24.0 Å². The average molecular weight is 286 g/mol. The second-order valence-corrected chi connectivity index (χ2v) is 6.51. The summed E-state index contributed by atoms with van der Waals surface area (Å²) in [5, 5.41) is 0.912. The Morgan fingerprint density at radius 1 is 1.15 bits per heavy atom. The van der Waals surface area contributed by atoms with E-state index in [1.807, 2.05) is 7.05 Å². The van der Waals surface area contributed by atoms with E-state index in [0.717, 1.165) is 28.5 Å². The van der Waals surface area contributed by atoms with Crippen molar-refractivity contribution in [3.63, 3.8) is 0 Å². The van der Waals surface area contributed by atoms with E-state index in [4.69, 9.17) is 0 Å². The highest BCUT2D eigenvalue weighted by Gasteiger charge is 2.23. The van der Waals surface area contributed by atoms with Gasteiger partial charge in [0.2, 0.25) is 0 Å². The van der Waals surface area contributed by atoms with Crippen LogP contribution >= 0.6 is 11.3 Å². The number of carbonyl (C=O) groups excluding carboxylic acids is 1. The van der Waals surface area contributed by atoms with E-state index in [9.17, 15) is 4.79 Å². The molecule has 1 aliphatic carbocycles. The Hall–Kier alpha value is -1.68. The summed E-state index contributed by atoms with van der Waals surface area (Å²) >= 11 is 1.65. The summed E-state index contributed by atoms with van der Waals surface area (Å²) in [4.78, 5) is 19.7. The SMILES string of the molecule is Cc1cc(C)cc(N(C)c2nc3c(s2)CCCC3=O)c1. The molecule has 0 saturated carbocycles. The van der Waals surface area contributed by atoms with E-state index < -0.39 is 0 Å². The van der Waals surface area contributed by atoms with Crippen molar-refractivity contribution in [2.75, 3.05) is 11.9 Å². The smallest absolute Gasteiger partial charge is 0.190 e. The summed E-state index contributed by atoms with van der Waals surface area (Å²) in [7, 11) is 2.02. The standard InChI is InChI=1S/C16H18N2OS/c1-10-7-11(2)9-12(8-10)18(3)16-17-15-13(19)5-4-6-14(15)20-16/h7-9H,4-6H2,1-3H3. The van der Waals surface area contributed by atoms with Gasteiger partial charge < -0.3 is 4.90 Å². The number of benzene rings is 1. The third-order valence-corrected chi connectivity index (χ3v) is 4.83. The maximum absolute atomic E-state index is 11.9. The van der Waals surface area contributed by atoms with E-state index in [1.165, 1.54) is 11.1 Å². The summed E-state index contributed by atoms with van der Waals surface area (Å²) in [6.45, 7) is 4.20. The molecule has 0 spiro atoms. The molecule has 0 radical (unpaired) electrons. The van der Waals surface area contributed by atoms with Crippen molar-refractivity contribution in [2.24, 2.45) is 0 Å². The number of hydrogen-bond donors (Lipinski definition) is 0. The molecule has 3 nitrogen and oxygen atoms in total. The lowest BCUT2D eigenvalue weighted by atomic mass is 10.0. The van der Waals surface area contributed by atoms with Crippen molar-refractivity contribution in [1.29, 1.82) is 0 Å². The molecule has 2 aromatic rings. The number of hydrogen-bond acceptors (Lipinski definition) is 4. The molecule has 1 aromatic carbocycles. The lowest BCUT2D eigenvalue weighted by molar-refractivity contribution is 0.0968. The molecule has 104 valence electrons. The zero-order valence-electron chi connectivity index (χ0n) is 12.1. The van der Waals surface area contributed by atoms with Crippen LogP contribution in [0.1, 0.15) is 39.3 Å². The monoisotopic (exact) mass is 286 g/mol. The summed E-state index contributed by atoms with van der Waals surface area (Å²) in [5.41, 5.74) is 4.31. The highest BCUT2D eigenvalue weighted by molar-refractivity contribution is 7.16. The van der Waals surface area contributed by atoms with Gasteiger partial charge in [-0.25, -0.2) is 4.98 Å². The molecule has 20 heavy (non-hydrogen) atoms. The van der Waals surface area contributed by atoms with Crippen LogP contribution in [0.25, 0.3) is 0 Å². The van der Waals surface area contributed by atoms with Gasteiger partial charge in [0.25, 0.3) is 0 Å². The summed E-state index contributed by atoms with van der Waals surface area (Å²) in [5.74, 6) is 0.197. The molecule has 3 rings (SSSR count). The predicted molar refractivity (Wildman–Crippen MR) is 83.4 cm³/mol. The molecule has 0 fully saturated rings. The van der Waals surface area contributed by atoms with Crippen LogP contribution in [0, 0.1) is 13.8 Å². The van der Waals surface area contributed by atoms with Crippen LogP contribution < -0.4 is 4.90 Å². The molecular weight excluding hydrogens is 268 g/mol. The number of rotatable bonds is 2. The lowest BCUT2D eigenvalue weighted by Crippen LogP contribution is -2.11. The third-order valence-electron chi connectivity index (χ3n) is 3.64. The molecule has 0 aliphatic heterocycles. The van der Waals surface area contributed by atoms with Gasteiger partial charge in [0.15, 0.2) is 10.9 Å².